The van der Waals surface area contributed by atoms with Crippen molar-refractivity contribution >= 4 is 19.7 Å². The van der Waals surface area contributed by atoms with Crippen molar-refractivity contribution in [3.8, 4) is 0 Å². The number of hydrogen-bond acceptors (Lipinski definition) is 7. The number of ether oxygens (including phenoxy) is 1. The Balaban J connectivity index is 5.29. The molecule has 1 amide bonds. The van der Waals surface area contributed by atoms with Crippen LogP contribution in [0.3, 0.4) is 0 Å². The van der Waals surface area contributed by atoms with E-state index >= 15 is 0 Å². The Bertz CT molecular complexity index is 1380. The Morgan fingerprint density at radius 3 is 1.29 bits per heavy atom. The second kappa shape index (κ2) is 52.4. The van der Waals surface area contributed by atoms with Crippen LogP contribution in [0.2, 0.25) is 0 Å². The number of nitrogens with zero attached hydrogens (tertiary/aromatic N) is 1. The van der Waals surface area contributed by atoms with Gasteiger partial charge in [0, 0.05) is 12.8 Å². The molecule has 0 saturated heterocycles. The fourth-order valence-corrected chi connectivity index (χ4v) is 9.49. The maximum Gasteiger partial charge on any atom is 0.306 e. The molecule has 0 rings (SSSR count). The van der Waals surface area contributed by atoms with Crippen molar-refractivity contribution in [1.82, 2.24) is 5.32 Å². The van der Waals surface area contributed by atoms with Crippen LogP contribution in [-0.2, 0) is 27.9 Å². The number of nitrogens with one attached hydrogen (secondary N) is 1. The van der Waals surface area contributed by atoms with Gasteiger partial charge in [0.05, 0.1) is 33.8 Å². The molecule has 0 aromatic heterocycles. The number of allylic oxidation sites excluding steroid dienone is 7. The van der Waals surface area contributed by atoms with Gasteiger partial charge < -0.3 is 28.5 Å². The van der Waals surface area contributed by atoms with Crippen LogP contribution in [0.5, 0.6) is 0 Å². The van der Waals surface area contributed by atoms with Crippen molar-refractivity contribution < 1.29 is 37.3 Å². The maximum absolute atomic E-state index is 13.5. The van der Waals surface area contributed by atoms with Crippen molar-refractivity contribution in [2.45, 2.75) is 296 Å². The smallest absolute Gasteiger partial charge is 0.306 e. The zero-order valence-electron chi connectivity index (χ0n) is 48.1. The molecule has 0 bridgehead atoms. The standard InChI is InChI=1S/C62H117N2O7P/c1-7-10-13-16-19-22-25-28-30-31-32-33-35-36-39-42-45-48-51-54-61(65)63-59(58-70-72(67,68)69-57-56-64(4,5)6)60(53-50-47-44-41-38-27-24-21-18-15-12-9-3)71-62(66)55-52-49-46-43-40-37-34-29-26-23-20-17-14-11-8-2/h19,22,28,30,32-33,50,53,59-60H,7-18,20-21,23-27,29,31,34-49,51-52,54-58H2,1-6H3,(H-,63,65,67,68)/b22-19-,30-28-,33-32-,53-50+. The number of esters is 1. The molecule has 0 aromatic carbocycles. The van der Waals surface area contributed by atoms with Crippen molar-refractivity contribution in [2.75, 3.05) is 40.9 Å². The lowest BCUT2D eigenvalue weighted by Gasteiger charge is -2.30. The summed E-state index contributed by atoms with van der Waals surface area (Å²) in [5.74, 6) is -0.546. The van der Waals surface area contributed by atoms with Crippen LogP contribution in [0.25, 0.3) is 0 Å². The predicted octanol–water partition coefficient (Wildman–Crippen LogP) is 17.9. The lowest BCUT2D eigenvalue weighted by molar-refractivity contribution is -0.870. The molecule has 10 heteroatoms. The topological polar surface area (TPSA) is 114 Å². The van der Waals surface area contributed by atoms with Crippen molar-refractivity contribution in [1.29, 1.82) is 0 Å². The summed E-state index contributed by atoms with van der Waals surface area (Å²) < 4.78 is 30.3. The minimum atomic E-state index is -4.70. The lowest BCUT2D eigenvalue weighted by atomic mass is 10.0. The number of unbranched alkanes of at least 4 members (excludes halogenated alkanes) is 33. The molecule has 3 atom stereocenters. The van der Waals surface area contributed by atoms with Crippen molar-refractivity contribution in [3.05, 3.63) is 48.6 Å². The summed E-state index contributed by atoms with van der Waals surface area (Å²) in [5.41, 5.74) is 0. The highest BCUT2D eigenvalue weighted by atomic mass is 31.2. The third kappa shape index (κ3) is 52.8. The number of amides is 1. The summed E-state index contributed by atoms with van der Waals surface area (Å²) in [5, 5.41) is 3.02. The van der Waals surface area contributed by atoms with E-state index in [1.54, 1.807) is 0 Å². The Kier molecular flexibility index (Phi) is 50.9. The summed E-state index contributed by atoms with van der Waals surface area (Å²) in [6.45, 7) is 6.82. The first-order valence-corrected chi connectivity index (χ1v) is 31.9. The monoisotopic (exact) mass is 1030 g/mol. The summed E-state index contributed by atoms with van der Waals surface area (Å²) in [6, 6.07) is -0.892. The second-order valence-electron chi connectivity index (χ2n) is 21.9. The molecule has 0 fully saturated rings. The number of phosphoric acid groups is 1. The van der Waals surface area contributed by atoms with Crippen LogP contribution in [0, 0.1) is 0 Å². The number of likely N-dealkylation sites (N-methyl/N-ethyl adjacent to an activating group) is 1. The van der Waals surface area contributed by atoms with Crippen LogP contribution in [-0.4, -0.2) is 69.4 Å². The van der Waals surface area contributed by atoms with E-state index in [0.717, 1.165) is 89.9 Å². The van der Waals surface area contributed by atoms with Gasteiger partial charge in [-0.25, -0.2) is 0 Å². The van der Waals surface area contributed by atoms with Gasteiger partial charge in [-0.15, -0.1) is 0 Å². The molecule has 0 heterocycles. The van der Waals surface area contributed by atoms with Gasteiger partial charge in [-0.3, -0.25) is 14.2 Å². The molecule has 0 saturated carbocycles. The Morgan fingerprint density at radius 1 is 0.486 bits per heavy atom. The molecule has 0 aliphatic heterocycles. The van der Waals surface area contributed by atoms with Gasteiger partial charge in [-0.2, -0.15) is 0 Å². The van der Waals surface area contributed by atoms with E-state index in [4.69, 9.17) is 13.8 Å². The van der Waals surface area contributed by atoms with Gasteiger partial charge in [-0.1, -0.05) is 250 Å². The fourth-order valence-electron chi connectivity index (χ4n) is 8.76. The van der Waals surface area contributed by atoms with Crippen molar-refractivity contribution in [2.24, 2.45) is 0 Å². The molecule has 0 aliphatic rings. The molecule has 0 radical (unpaired) electrons. The molecule has 422 valence electrons. The van der Waals surface area contributed by atoms with E-state index in [2.05, 4.69) is 62.5 Å². The second-order valence-corrected chi connectivity index (χ2v) is 23.3. The zero-order chi connectivity index (χ0) is 52.9. The van der Waals surface area contributed by atoms with E-state index in [0.29, 0.717) is 17.4 Å². The molecule has 1 N–H and O–H groups in total. The first-order valence-electron chi connectivity index (χ1n) is 30.4. The predicted molar refractivity (Wildman–Crippen MR) is 307 cm³/mol. The number of phosphoric ester groups is 1. The molecular weight excluding hydrogens is 916 g/mol. The Labute approximate surface area is 446 Å². The largest absolute Gasteiger partial charge is 0.756 e. The average Bonchev–Trinajstić information content (AvgIpc) is 3.34. The molecule has 3 unspecified atom stereocenters. The Morgan fingerprint density at radius 2 is 0.847 bits per heavy atom. The quantitative estimate of drug-likeness (QED) is 0.0212. The van der Waals surface area contributed by atoms with E-state index in [1.165, 1.54) is 161 Å². The average molecular weight is 1030 g/mol. The first kappa shape index (κ1) is 70.0. The number of carbonyl (C=O) groups is 2. The number of rotatable bonds is 55. The molecule has 9 nitrogen and oxygen atoms in total. The van der Waals surface area contributed by atoms with Gasteiger partial charge in [0.25, 0.3) is 7.82 Å². The molecule has 72 heavy (non-hydrogen) atoms. The summed E-state index contributed by atoms with van der Waals surface area (Å²) in [4.78, 5) is 39.9. The highest BCUT2D eigenvalue weighted by Gasteiger charge is 2.27. The highest BCUT2D eigenvalue weighted by molar-refractivity contribution is 7.45. The summed E-state index contributed by atoms with van der Waals surface area (Å²) in [7, 11) is 1.18. The molecule has 0 aromatic rings. The van der Waals surface area contributed by atoms with Gasteiger partial charge in [0.2, 0.25) is 5.91 Å². The summed E-state index contributed by atoms with van der Waals surface area (Å²) in [6.07, 6.45) is 63.5. The van der Waals surface area contributed by atoms with Crippen LogP contribution < -0.4 is 10.2 Å². The van der Waals surface area contributed by atoms with Crippen LogP contribution >= 0.6 is 7.82 Å². The van der Waals surface area contributed by atoms with Gasteiger partial charge in [0.15, 0.2) is 0 Å². The third-order valence-electron chi connectivity index (χ3n) is 13.5. The van der Waals surface area contributed by atoms with Gasteiger partial charge in [0.1, 0.15) is 19.3 Å². The molecule has 0 spiro atoms. The highest BCUT2D eigenvalue weighted by Crippen LogP contribution is 2.38. The van der Waals surface area contributed by atoms with E-state index in [1.807, 2.05) is 33.3 Å². The van der Waals surface area contributed by atoms with Crippen molar-refractivity contribution in [3.63, 3.8) is 0 Å². The van der Waals surface area contributed by atoms with Gasteiger partial charge >= 0.3 is 5.97 Å². The number of carbonyl (C=O) groups excluding carboxylic acids is 2. The lowest BCUT2D eigenvalue weighted by Crippen LogP contribution is -2.47. The SMILES string of the molecule is CCCCC/C=C\C/C=C\C/C=C\CCCCCCCCC(=O)NC(COP(=O)([O-])OCC[N+](C)(C)C)C(/C=C/CCCCCCCCCCCC)OC(=O)CCCCCCCCCCCCCCCCC. The summed E-state index contributed by atoms with van der Waals surface area (Å²) >= 11 is 0. The van der Waals surface area contributed by atoms with Gasteiger partial charge in [-0.05, 0) is 70.3 Å². The van der Waals surface area contributed by atoms with Crippen LogP contribution in [0.4, 0.5) is 0 Å². The zero-order valence-corrected chi connectivity index (χ0v) is 49.0. The first-order chi connectivity index (χ1) is 34.9. The van der Waals surface area contributed by atoms with Crippen LogP contribution in [0.15, 0.2) is 48.6 Å². The third-order valence-corrected chi connectivity index (χ3v) is 14.5. The van der Waals surface area contributed by atoms with E-state index in [-0.39, 0.29) is 24.9 Å². The molecular formula is C62H117N2O7P. The number of hydrogen-bond donors (Lipinski definition) is 1. The minimum Gasteiger partial charge on any atom is -0.756 e. The Hall–Kier alpha value is -2.03. The van der Waals surface area contributed by atoms with E-state index < -0.39 is 26.6 Å². The molecule has 0 aliphatic carbocycles. The van der Waals surface area contributed by atoms with Crippen LogP contribution in [0.1, 0.15) is 284 Å². The maximum atomic E-state index is 13.5. The van der Waals surface area contributed by atoms with E-state index in [9.17, 15) is 19.0 Å². The normalized spacial score (nSPS) is 14.0. The minimum absolute atomic E-state index is 0.0242. The fraction of sp³-hybridized carbons (Fsp3) is 0.839. The number of quaternary nitrogens is 1.